The van der Waals surface area contributed by atoms with Crippen molar-refractivity contribution in [1.29, 1.82) is 0 Å². The Hall–Kier alpha value is -2.65. The molecule has 2 aromatic heterocycles. The Morgan fingerprint density at radius 3 is 2.78 bits per heavy atom. The van der Waals surface area contributed by atoms with Gasteiger partial charge in [-0.2, -0.15) is 9.61 Å². The standard InChI is InChI=1S/C23H32N4O5/c1-4-31-10-7-15(2)17-13-24-27-20(17)26(14-23(3)8-11-32-12-9-23)21(29)18(22(27)30)19(28)25-16-5-6-16/h7,13,16,29H,4-6,8-12,14H2,1-3H3,(H,25,28)/b15-7+. The monoisotopic (exact) mass is 444 g/mol. The fraction of sp³-hybridized carbons (Fsp3) is 0.609. The average molecular weight is 445 g/mol. The van der Waals surface area contributed by atoms with Gasteiger partial charge in [0.25, 0.3) is 11.5 Å². The molecule has 2 fully saturated rings. The van der Waals surface area contributed by atoms with Gasteiger partial charge in [0.2, 0.25) is 5.88 Å². The number of carbonyl (C=O) groups excluding carboxylic acids is 1. The fourth-order valence-corrected chi connectivity index (χ4v) is 4.11. The van der Waals surface area contributed by atoms with E-state index in [0.29, 0.717) is 38.6 Å². The van der Waals surface area contributed by atoms with Crippen molar-refractivity contribution in [3.05, 3.63) is 33.8 Å². The first-order chi connectivity index (χ1) is 15.3. The summed E-state index contributed by atoms with van der Waals surface area (Å²) in [5.74, 6) is -0.865. The van der Waals surface area contributed by atoms with Crippen molar-refractivity contribution in [2.75, 3.05) is 26.4 Å². The van der Waals surface area contributed by atoms with Crippen LogP contribution in [0.25, 0.3) is 11.2 Å². The topological polar surface area (TPSA) is 107 Å². The summed E-state index contributed by atoms with van der Waals surface area (Å²) in [6.45, 7) is 8.75. The molecule has 9 nitrogen and oxygen atoms in total. The Labute approximate surface area is 187 Å². The molecule has 1 saturated carbocycles. The molecular formula is C23H32N4O5. The second kappa shape index (κ2) is 9.07. The molecule has 1 amide bonds. The van der Waals surface area contributed by atoms with Crippen LogP contribution in [0.2, 0.25) is 0 Å². The highest BCUT2D eigenvalue weighted by molar-refractivity contribution is 5.97. The molecule has 0 radical (unpaired) electrons. The number of allylic oxidation sites excluding steroid dienone is 1. The van der Waals surface area contributed by atoms with Crippen LogP contribution in [0, 0.1) is 5.41 Å². The number of carbonyl (C=O) groups is 1. The summed E-state index contributed by atoms with van der Waals surface area (Å²) >= 11 is 0. The highest BCUT2D eigenvalue weighted by Gasteiger charge is 2.34. The van der Waals surface area contributed by atoms with E-state index in [1.54, 1.807) is 10.8 Å². The second-order valence-electron chi connectivity index (χ2n) is 9.10. The number of fused-ring (bicyclic) bond motifs is 1. The van der Waals surface area contributed by atoms with E-state index in [1.807, 2.05) is 19.9 Å². The molecule has 3 heterocycles. The van der Waals surface area contributed by atoms with Gasteiger partial charge in [0.1, 0.15) is 5.65 Å². The Bertz CT molecular complexity index is 1090. The van der Waals surface area contributed by atoms with Crippen LogP contribution in [-0.2, 0) is 16.0 Å². The predicted molar refractivity (Wildman–Crippen MR) is 120 cm³/mol. The second-order valence-corrected chi connectivity index (χ2v) is 9.10. The predicted octanol–water partition coefficient (Wildman–Crippen LogP) is 2.35. The van der Waals surface area contributed by atoms with Gasteiger partial charge in [0.15, 0.2) is 5.56 Å². The van der Waals surface area contributed by atoms with Crippen LogP contribution >= 0.6 is 0 Å². The van der Waals surface area contributed by atoms with Crippen molar-refractivity contribution in [1.82, 2.24) is 19.5 Å². The van der Waals surface area contributed by atoms with Crippen LogP contribution in [0.5, 0.6) is 5.88 Å². The quantitative estimate of drug-likeness (QED) is 0.606. The molecule has 1 aliphatic heterocycles. The largest absolute Gasteiger partial charge is 0.494 e. The van der Waals surface area contributed by atoms with E-state index in [9.17, 15) is 14.7 Å². The molecule has 2 aromatic rings. The van der Waals surface area contributed by atoms with Crippen LogP contribution in [0.1, 0.15) is 62.4 Å². The molecule has 174 valence electrons. The summed E-state index contributed by atoms with van der Waals surface area (Å²) in [5, 5.41) is 18.4. The first-order valence-corrected chi connectivity index (χ1v) is 11.3. The highest BCUT2D eigenvalue weighted by Crippen LogP contribution is 2.35. The number of nitrogens with one attached hydrogen (secondary N) is 1. The summed E-state index contributed by atoms with van der Waals surface area (Å²) in [5.41, 5.74) is 1.06. The van der Waals surface area contributed by atoms with Gasteiger partial charge in [0, 0.05) is 38.0 Å². The van der Waals surface area contributed by atoms with Crippen molar-refractivity contribution < 1.29 is 19.4 Å². The third-order valence-electron chi connectivity index (χ3n) is 6.40. The Morgan fingerprint density at radius 2 is 2.12 bits per heavy atom. The van der Waals surface area contributed by atoms with E-state index < -0.39 is 11.5 Å². The number of hydrogen-bond donors (Lipinski definition) is 2. The number of aromatic nitrogens is 3. The van der Waals surface area contributed by atoms with Crippen LogP contribution < -0.4 is 10.9 Å². The molecule has 2 N–H and O–H groups in total. The van der Waals surface area contributed by atoms with Crippen LogP contribution in [0.15, 0.2) is 17.1 Å². The zero-order valence-electron chi connectivity index (χ0n) is 19.0. The van der Waals surface area contributed by atoms with E-state index >= 15 is 0 Å². The summed E-state index contributed by atoms with van der Waals surface area (Å²) in [7, 11) is 0. The van der Waals surface area contributed by atoms with E-state index in [1.165, 1.54) is 4.52 Å². The molecule has 1 saturated heterocycles. The minimum absolute atomic E-state index is 0.0652. The Balaban J connectivity index is 1.86. The molecular weight excluding hydrogens is 412 g/mol. The molecule has 0 spiro atoms. The van der Waals surface area contributed by atoms with Crippen LogP contribution in [-0.4, -0.2) is 57.7 Å². The fourth-order valence-electron chi connectivity index (χ4n) is 4.11. The van der Waals surface area contributed by atoms with E-state index in [4.69, 9.17) is 9.47 Å². The van der Waals surface area contributed by atoms with Gasteiger partial charge in [-0.3, -0.25) is 14.2 Å². The molecule has 9 heteroatoms. The summed E-state index contributed by atoms with van der Waals surface area (Å²) < 4.78 is 13.9. The van der Waals surface area contributed by atoms with Gasteiger partial charge in [-0.25, -0.2) is 0 Å². The van der Waals surface area contributed by atoms with E-state index in [-0.39, 0.29) is 22.9 Å². The van der Waals surface area contributed by atoms with E-state index in [0.717, 1.165) is 36.8 Å². The number of nitrogens with zero attached hydrogens (tertiary/aromatic N) is 3. The zero-order valence-corrected chi connectivity index (χ0v) is 19.0. The minimum atomic E-state index is -0.618. The number of amides is 1. The SMILES string of the molecule is CCOC/C=C(\C)c1cnn2c(=O)c(C(=O)NC3CC3)c(O)n(CC3(C)CCOCC3)c12. The first kappa shape index (κ1) is 22.5. The Kier molecular flexibility index (Phi) is 6.39. The zero-order chi connectivity index (χ0) is 22.9. The summed E-state index contributed by atoms with van der Waals surface area (Å²) in [6.07, 6.45) is 6.94. The van der Waals surface area contributed by atoms with Crippen molar-refractivity contribution in [2.24, 2.45) is 5.41 Å². The van der Waals surface area contributed by atoms with Crippen molar-refractivity contribution in [3.63, 3.8) is 0 Å². The van der Waals surface area contributed by atoms with Gasteiger partial charge >= 0.3 is 0 Å². The van der Waals surface area contributed by atoms with Gasteiger partial charge in [0.05, 0.1) is 12.8 Å². The smallest absolute Gasteiger partial charge is 0.291 e. The third-order valence-corrected chi connectivity index (χ3v) is 6.40. The molecule has 1 aliphatic carbocycles. The number of hydrogen-bond acceptors (Lipinski definition) is 6. The maximum Gasteiger partial charge on any atom is 0.291 e. The van der Waals surface area contributed by atoms with Crippen molar-refractivity contribution in [2.45, 2.75) is 59.0 Å². The van der Waals surface area contributed by atoms with Gasteiger partial charge in [-0.15, -0.1) is 0 Å². The lowest BCUT2D eigenvalue weighted by Gasteiger charge is -2.35. The molecule has 0 aromatic carbocycles. The van der Waals surface area contributed by atoms with Gasteiger partial charge in [-0.1, -0.05) is 13.0 Å². The van der Waals surface area contributed by atoms with E-state index in [2.05, 4.69) is 17.3 Å². The highest BCUT2D eigenvalue weighted by atomic mass is 16.5. The number of ether oxygens (including phenoxy) is 2. The molecule has 4 rings (SSSR count). The number of aromatic hydroxyl groups is 1. The lowest BCUT2D eigenvalue weighted by molar-refractivity contribution is 0.0149. The molecule has 0 atom stereocenters. The lowest BCUT2D eigenvalue weighted by Crippen LogP contribution is -2.37. The van der Waals surface area contributed by atoms with Gasteiger partial charge in [-0.05, 0) is 50.5 Å². The third kappa shape index (κ3) is 4.45. The molecule has 2 aliphatic rings. The summed E-state index contributed by atoms with van der Waals surface area (Å²) in [6, 6.07) is 0.0652. The molecule has 0 bridgehead atoms. The Morgan fingerprint density at radius 1 is 1.41 bits per heavy atom. The maximum absolute atomic E-state index is 13.2. The summed E-state index contributed by atoms with van der Waals surface area (Å²) in [4.78, 5) is 26.1. The van der Waals surface area contributed by atoms with Gasteiger partial charge < -0.3 is 19.9 Å². The van der Waals surface area contributed by atoms with Crippen LogP contribution in [0.3, 0.4) is 0 Å². The van der Waals surface area contributed by atoms with Crippen molar-refractivity contribution >= 4 is 17.1 Å². The number of rotatable bonds is 8. The molecule has 32 heavy (non-hydrogen) atoms. The average Bonchev–Trinajstić information content (AvgIpc) is 3.45. The molecule has 0 unspecified atom stereocenters. The van der Waals surface area contributed by atoms with Crippen molar-refractivity contribution in [3.8, 4) is 5.88 Å². The van der Waals surface area contributed by atoms with Crippen LogP contribution in [0.4, 0.5) is 0 Å². The lowest BCUT2D eigenvalue weighted by atomic mass is 9.82. The maximum atomic E-state index is 13.2. The minimum Gasteiger partial charge on any atom is -0.494 e. The first-order valence-electron chi connectivity index (χ1n) is 11.3. The normalized spacial score (nSPS) is 18.8.